The van der Waals surface area contributed by atoms with E-state index in [9.17, 15) is 0 Å². The fourth-order valence-electron chi connectivity index (χ4n) is 12.2. The van der Waals surface area contributed by atoms with Crippen molar-refractivity contribution in [3.63, 3.8) is 0 Å². The lowest BCUT2D eigenvalue weighted by atomic mass is 9.66. The monoisotopic (exact) mass is 1040 g/mol. The largest absolute Gasteiger partial charge is 0.454 e. The average molecular weight is 1040 g/mol. The van der Waals surface area contributed by atoms with Crippen LogP contribution >= 0.6 is 11.8 Å². The van der Waals surface area contributed by atoms with E-state index in [4.69, 9.17) is 4.74 Å². The zero-order valence-corrected chi connectivity index (χ0v) is 45.1. The Bertz CT molecular complexity index is 3700. The van der Waals surface area contributed by atoms with Crippen LogP contribution in [0, 0.1) is 23.3 Å². The van der Waals surface area contributed by atoms with Crippen LogP contribution in [0.1, 0.15) is 128 Å². The van der Waals surface area contributed by atoms with E-state index in [1.54, 1.807) is 11.8 Å². The van der Waals surface area contributed by atoms with Gasteiger partial charge in [-0.25, -0.2) is 17.6 Å². The van der Waals surface area contributed by atoms with Crippen LogP contribution < -0.4 is 9.64 Å². The summed E-state index contributed by atoms with van der Waals surface area (Å²) in [5, 5.41) is 0. The van der Waals surface area contributed by atoms with Crippen LogP contribution in [0.25, 0.3) is 17.2 Å². The zero-order chi connectivity index (χ0) is 53.5. The van der Waals surface area contributed by atoms with Crippen molar-refractivity contribution in [3.8, 4) is 22.6 Å². The summed E-state index contributed by atoms with van der Waals surface area (Å²) in [6.07, 6.45) is 5.53. The summed E-state index contributed by atoms with van der Waals surface area (Å²) >= 11 is 1.67. The van der Waals surface area contributed by atoms with Crippen molar-refractivity contribution in [2.24, 2.45) is 0 Å². The van der Waals surface area contributed by atoms with E-state index < -0.39 is 34.6 Å². The molecular weight excluding hydrogens is 979 g/mol. The number of allylic oxidation sites excluding steroid dienone is 1. The molecule has 3 aliphatic rings. The van der Waals surface area contributed by atoms with Crippen molar-refractivity contribution >= 4 is 34.9 Å². The summed E-state index contributed by atoms with van der Waals surface area (Å²) in [5.41, 5.74) is 13.5. The molecule has 0 spiro atoms. The molecule has 7 heteroatoms. The van der Waals surface area contributed by atoms with Crippen LogP contribution in [0.3, 0.4) is 0 Å². The zero-order valence-electron chi connectivity index (χ0n) is 44.3. The SMILES string of the molecule is CC1CC=Cc2c(N(c3ccc(C(C)(C)C)cc3)c3cc(F)cc(F)c3)cc3c(c21)-c1c(cc(CC(c2ccc(C(C)(C)C)cc2)c2cc(F)cc(F)c2)c2c1Oc1ccccc1S2)C3(c1ccccc1)c1ccccc1. The van der Waals surface area contributed by atoms with Gasteiger partial charge in [0, 0.05) is 34.9 Å². The summed E-state index contributed by atoms with van der Waals surface area (Å²) in [6, 6.07) is 58.3. The van der Waals surface area contributed by atoms with Crippen molar-refractivity contribution in [2.75, 3.05) is 4.90 Å². The normalized spacial score (nSPS) is 15.4. The molecular formula is C70H59F4NOS. The van der Waals surface area contributed by atoms with Gasteiger partial charge < -0.3 is 9.64 Å². The topological polar surface area (TPSA) is 12.5 Å². The van der Waals surface area contributed by atoms with Crippen LogP contribution in [0.4, 0.5) is 34.6 Å². The maximum atomic E-state index is 15.8. The van der Waals surface area contributed by atoms with Crippen molar-refractivity contribution in [2.45, 2.75) is 99.2 Å². The van der Waals surface area contributed by atoms with E-state index in [-0.39, 0.29) is 16.7 Å². The van der Waals surface area contributed by atoms with Gasteiger partial charge in [-0.1, -0.05) is 188 Å². The van der Waals surface area contributed by atoms with Gasteiger partial charge in [-0.15, -0.1) is 0 Å². The Balaban J connectivity index is 1.21. The molecule has 0 saturated heterocycles. The van der Waals surface area contributed by atoms with Crippen LogP contribution in [-0.4, -0.2) is 0 Å². The van der Waals surface area contributed by atoms with Crippen LogP contribution in [0.2, 0.25) is 0 Å². The van der Waals surface area contributed by atoms with Gasteiger partial charge >= 0.3 is 0 Å². The lowest BCUT2D eigenvalue weighted by molar-refractivity contribution is 0.453. The third kappa shape index (κ3) is 8.77. The summed E-state index contributed by atoms with van der Waals surface area (Å²) in [7, 11) is 0. The molecule has 9 aromatic carbocycles. The lowest BCUT2D eigenvalue weighted by Gasteiger charge is -2.37. The Hall–Kier alpha value is -7.61. The third-order valence-electron chi connectivity index (χ3n) is 15.9. The first-order chi connectivity index (χ1) is 37.0. The molecule has 384 valence electrons. The smallest absolute Gasteiger partial charge is 0.149 e. The molecule has 0 radical (unpaired) electrons. The highest BCUT2D eigenvalue weighted by Gasteiger charge is 2.51. The van der Waals surface area contributed by atoms with Gasteiger partial charge in [-0.05, 0) is 145 Å². The first-order valence-corrected chi connectivity index (χ1v) is 27.4. The minimum Gasteiger partial charge on any atom is -0.454 e. The molecule has 2 nitrogen and oxygen atoms in total. The fraction of sp³-hybridized carbons (Fsp3) is 0.200. The minimum atomic E-state index is -1.00. The molecule has 77 heavy (non-hydrogen) atoms. The molecule has 2 atom stereocenters. The van der Waals surface area contributed by atoms with E-state index >= 15 is 17.6 Å². The van der Waals surface area contributed by atoms with E-state index in [1.807, 2.05) is 35.2 Å². The molecule has 0 bridgehead atoms. The molecule has 2 unspecified atom stereocenters. The second kappa shape index (κ2) is 19.1. The molecule has 1 aliphatic heterocycles. The summed E-state index contributed by atoms with van der Waals surface area (Å²) in [6.45, 7) is 15.3. The molecule has 0 saturated carbocycles. The third-order valence-corrected chi connectivity index (χ3v) is 17.1. The first-order valence-electron chi connectivity index (χ1n) is 26.5. The van der Waals surface area contributed by atoms with Crippen molar-refractivity contribution in [1.29, 1.82) is 0 Å². The number of hydrogen-bond acceptors (Lipinski definition) is 3. The van der Waals surface area contributed by atoms with Gasteiger partial charge in [0.05, 0.1) is 26.6 Å². The number of rotatable bonds is 9. The number of fused-ring (bicyclic) bond motifs is 8. The fourth-order valence-corrected chi connectivity index (χ4v) is 13.3. The van der Waals surface area contributed by atoms with E-state index in [2.05, 4.69) is 176 Å². The van der Waals surface area contributed by atoms with E-state index in [0.29, 0.717) is 17.7 Å². The van der Waals surface area contributed by atoms with Gasteiger partial charge in [0.25, 0.3) is 0 Å². The number of benzene rings is 9. The van der Waals surface area contributed by atoms with Crippen molar-refractivity contribution in [1.82, 2.24) is 0 Å². The Morgan fingerprint density at radius 1 is 0.584 bits per heavy atom. The molecule has 12 rings (SSSR count). The van der Waals surface area contributed by atoms with Gasteiger partial charge in [0.2, 0.25) is 0 Å². The average Bonchev–Trinajstić information content (AvgIpc) is 3.87. The minimum absolute atomic E-state index is 0.00422. The number of para-hydroxylation sites is 1. The van der Waals surface area contributed by atoms with Gasteiger partial charge in [-0.2, -0.15) is 0 Å². The van der Waals surface area contributed by atoms with Gasteiger partial charge in [0.1, 0.15) is 34.8 Å². The second-order valence-electron chi connectivity index (χ2n) is 23.0. The summed E-state index contributed by atoms with van der Waals surface area (Å²) in [4.78, 5) is 3.91. The predicted octanol–water partition coefficient (Wildman–Crippen LogP) is 19.8. The molecule has 2 aliphatic carbocycles. The highest BCUT2D eigenvalue weighted by Crippen LogP contribution is 2.66. The van der Waals surface area contributed by atoms with Crippen LogP contribution in [0.5, 0.6) is 11.5 Å². The summed E-state index contributed by atoms with van der Waals surface area (Å²) < 4.78 is 70.2. The Labute approximate surface area is 454 Å². The Morgan fingerprint density at radius 2 is 1.13 bits per heavy atom. The van der Waals surface area contributed by atoms with E-state index in [0.717, 1.165) is 118 Å². The molecule has 9 aromatic rings. The molecule has 0 aromatic heterocycles. The number of hydrogen-bond donors (Lipinski definition) is 0. The number of anilines is 3. The van der Waals surface area contributed by atoms with Crippen molar-refractivity contribution in [3.05, 3.63) is 273 Å². The number of nitrogens with zero attached hydrogens (tertiary/aromatic N) is 1. The Morgan fingerprint density at radius 3 is 1.73 bits per heavy atom. The quantitative estimate of drug-likeness (QED) is 0.134. The first kappa shape index (κ1) is 50.2. The second-order valence-corrected chi connectivity index (χ2v) is 24.1. The van der Waals surface area contributed by atoms with Crippen molar-refractivity contribution < 1.29 is 22.3 Å². The molecule has 1 heterocycles. The van der Waals surface area contributed by atoms with Gasteiger partial charge in [0.15, 0.2) is 0 Å². The highest BCUT2D eigenvalue weighted by atomic mass is 32.2. The molecule has 0 N–H and O–H groups in total. The maximum absolute atomic E-state index is 15.8. The Kier molecular flexibility index (Phi) is 12.5. The molecule has 0 fully saturated rings. The van der Waals surface area contributed by atoms with Crippen LogP contribution in [-0.2, 0) is 22.7 Å². The van der Waals surface area contributed by atoms with E-state index in [1.165, 1.54) is 24.3 Å². The standard InChI is InChI=1S/C70H59F4NOS/c1-42-17-16-22-56-60(75(55-39-52(73)38-53(74)40-55)54-31-29-47(30-32-54)69(5,6)7)41-59-64(63(42)56)65-58(70(59,48-18-10-8-11-19-48)49-20-12-9-13-21-49)36-45(67-66(65)76-61-23-14-15-24-62(61)77-67)35-57(44-33-50(71)37-51(72)34-44)43-25-27-46(28-26-43)68(2,3)4/h8-16,18-34,36-42,57H,17,35H2,1-7H3. The highest BCUT2D eigenvalue weighted by molar-refractivity contribution is 7.99. The number of halogens is 4. The maximum Gasteiger partial charge on any atom is 0.149 e. The number of ether oxygens (including phenoxy) is 1. The lowest BCUT2D eigenvalue weighted by Crippen LogP contribution is -2.29. The van der Waals surface area contributed by atoms with Crippen LogP contribution in [0.15, 0.2) is 198 Å². The predicted molar refractivity (Wildman–Crippen MR) is 307 cm³/mol. The molecule has 0 amide bonds. The van der Waals surface area contributed by atoms with Gasteiger partial charge in [-0.3, -0.25) is 0 Å². The summed E-state index contributed by atoms with van der Waals surface area (Å²) in [5.74, 6) is -1.63.